The molecule has 0 amide bonds. The molecule has 3 N–H and O–H groups in total. The zero-order valence-electron chi connectivity index (χ0n) is 8.98. The van der Waals surface area contributed by atoms with Crippen molar-refractivity contribution < 1.29 is 5.11 Å². The van der Waals surface area contributed by atoms with Crippen LogP contribution in [0.5, 0.6) is 5.75 Å². The van der Waals surface area contributed by atoms with E-state index < -0.39 is 0 Å². The van der Waals surface area contributed by atoms with Gasteiger partial charge in [0.15, 0.2) is 0 Å². The standard InChI is InChI=1S/C11H17N3O/c1-13-4-6-14(7-5-13)10-3-2-9(12)8-11(10)15/h2-3,8,15H,4-7,12H2,1H3. The number of anilines is 2. The lowest BCUT2D eigenvalue weighted by Crippen LogP contribution is -2.44. The molecule has 1 aliphatic heterocycles. The summed E-state index contributed by atoms with van der Waals surface area (Å²) < 4.78 is 0. The molecule has 4 heteroatoms. The smallest absolute Gasteiger partial charge is 0.140 e. The van der Waals surface area contributed by atoms with Gasteiger partial charge in [-0.2, -0.15) is 0 Å². The average Bonchev–Trinajstić information content (AvgIpc) is 2.20. The van der Waals surface area contributed by atoms with Crippen molar-refractivity contribution >= 4 is 11.4 Å². The Hall–Kier alpha value is -1.42. The summed E-state index contributed by atoms with van der Waals surface area (Å²) in [4.78, 5) is 4.47. The maximum atomic E-state index is 9.77. The van der Waals surface area contributed by atoms with Crippen molar-refractivity contribution in [2.75, 3.05) is 43.9 Å². The largest absolute Gasteiger partial charge is 0.506 e. The number of likely N-dealkylation sites (N-methyl/N-ethyl adjacent to an activating group) is 1. The number of hydrogen-bond acceptors (Lipinski definition) is 4. The number of nitrogen functional groups attached to an aromatic ring is 1. The van der Waals surface area contributed by atoms with Gasteiger partial charge in [-0.1, -0.05) is 0 Å². The number of phenolic OH excluding ortho intramolecular Hbond substituents is 1. The maximum Gasteiger partial charge on any atom is 0.140 e. The van der Waals surface area contributed by atoms with Crippen molar-refractivity contribution in [3.05, 3.63) is 18.2 Å². The highest BCUT2D eigenvalue weighted by Crippen LogP contribution is 2.29. The lowest BCUT2D eigenvalue weighted by Gasteiger charge is -2.34. The van der Waals surface area contributed by atoms with Crippen molar-refractivity contribution in [3.8, 4) is 5.75 Å². The number of piperazine rings is 1. The van der Waals surface area contributed by atoms with Gasteiger partial charge in [0.25, 0.3) is 0 Å². The normalized spacial score (nSPS) is 18.1. The molecule has 0 saturated carbocycles. The fourth-order valence-electron chi connectivity index (χ4n) is 1.86. The van der Waals surface area contributed by atoms with Crippen molar-refractivity contribution in [2.45, 2.75) is 0 Å². The van der Waals surface area contributed by atoms with E-state index in [1.807, 2.05) is 12.1 Å². The SMILES string of the molecule is CN1CCN(c2ccc(N)cc2O)CC1. The number of nitrogens with zero attached hydrogens (tertiary/aromatic N) is 2. The second-order valence-electron chi connectivity index (χ2n) is 4.04. The van der Waals surface area contributed by atoms with E-state index in [4.69, 9.17) is 5.73 Å². The number of benzene rings is 1. The van der Waals surface area contributed by atoms with E-state index >= 15 is 0 Å². The van der Waals surface area contributed by atoms with E-state index in [0.29, 0.717) is 5.69 Å². The number of hydrogen-bond donors (Lipinski definition) is 2. The Morgan fingerprint density at radius 1 is 1.20 bits per heavy atom. The van der Waals surface area contributed by atoms with Crippen molar-refractivity contribution in [2.24, 2.45) is 0 Å². The number of nitrogens with two attached hydrogens (primary N) is 1. The zero-order chi connectivity index (χ0) is 10.8. The Balaban J connectivity index is 2.15. The molecule has 1 heterocycles. The molecule has 1 aliphatic rings. The Labute approximate surface area is 89.9 Å². The molecule has 0 aliphatic carbocycles. The van der Waals surface area contributed by atoms with Crippen LogP contribution in [0.25, 0.3) is 0 Å². The van der Waals surface area contributed by atoms with E-state index in [1.165, 1.54) is 0 Å². The Kier molecular flexibility index (Phi) is 2.68. The molecule has 0 aromatic heterocycles. The molecular weight excluding hydrogens is 190 g/mol. The first-order valence-corrected chi connectivity index (χ1v) is 5.19. The molecule has 82 valence electrons. The molecule has 1 aromatic rings. The zero-order valence-corrected chi connectivity index (χ0v) is 8.98. The number of aromatic hydroxyl groups is 1. The molecule has 1 aromatic carbocycles. The molecule has 0 unspecified atom stereocenters. The Morgan fingerprint density at radius 3 is 2.47 bits per heavy atom. The van der Waals surface area contributed by atoms with Crippen LogP contribution < -0.4 is 10.6 Å². The second kappa shape index (κ2) is 3.98. The molecule has 1 fully saturated rings. The highest BCUT2D eigenvalue weighted by Gasteiger charge is 2.16. The van der Waals surface area contributed by atoms with Gasteiger partial charge in [-0.25, -0.2) is 0 Å². The van der Waals surface area contributed by atoms with E-state index in [9.17, 15) is 5.11 Å². The van der Waals surface area contributed by atoms with Crippen LogP contribution in [0.3, 0.4) is 0 Å². The Morgan fingerprint density at radius 2 is 1.87 bits per heavy atom. The molecule has 0 atom stereocenters. The summed E-state index contributed by atoms with van der Waals surface area (Å²) in [5.41, 5.74) is 7.08. The lowest BCUT2D eigenvalue weighted by molar-refractivity contribution is 0.311. The third-order valence-corrected chi connectivity index (χ3v) is 2.84. The molecule has 0 bridgehead atoms. The van der Waals surface area contributed by atoms with Crippen LogP contribution in [0.2, 0.25) is 0 Å². The van der Waals surface area contributed by atoms with Gasteiger partial charge in [0.2, 0.25) is 0 Å². The van der Waals surface area contributed by atoms with E-state index in [2.05, 4.69) is 16.8 Å². The summed E-state index contributed by atoms with van der Waals surface area (Å²) in [5.74, 6) is 0.277. The quantitative estimate of drug-likeness (QED) is 0.666. The van der Waals surface area contributed by atoms with Crippen LogP contribution in [0, 0.1) is 0 Å². The summed E-state index contributed by atoms with van der Waals surface area (Å²) in [7, 11) is 2.11. The summed E-state index contributed by atoms with van der Waals surface area (Å²) in [6, 6.07) is 5.32. The minimum Gasteiger partial charge on any atom is -0.506 e. The van der Waals surface area contributed by atoms with Gasteiger partial charge >= 0.3 is 0 Å². The summed E-state index contributed by atoms with van der Waals surface area (Å²) in [6.07, 6.45) is 0. The minimum atomic E-state index is 0.277. The summed E-state index contributed by atoms with van der Waals surface area (Å²) in [5, 5.41) is 9.77. The van der Waals surface area contributed by atoms with Gasteiger partial charge in [-0.05, 0) is 19.2 Å². The molecule has 2 rings (SSSR count). The topological polar surface area (TPSA) is 52.7 Å². The molecular formula is C11H17N3O. The molecule has 0 spiro atoms. The van der Waals surface area contributed by atoms with Crippen molar-refractivity contribution in [1.82, 2.24) is 4.90 Å². The molecule has 15 heavy (non-hydrogen) atoms. The molecule has 1 saturated heterocycles. The van der Waals surface area contributed by atoms with E-state index in [-0.39, 0.29) is 5.75 Å². The van der Waals surface area contributed by atoms with Gasteiger partial charge in [0.1, 0.15) is 5.75 Å². The lowest BCUT2D eigenvalue weighted by atomic mass is 10.2. The fourth-order valence-corrected chi connectivity index (χ4v) is 1.86. The van der Waals surface area contributed by atoms with Crippen LogP contribution in [0.1, 0.15) is 0 Å². The minimum absolute atomic E-state index is 0.277. The van der Waals surface area contributed by atoms with Crippen molar-refractivity contribution in [3.63, 3.8) is 0 Å². The predicted molar refractivity (Wildman–Crippen MR) is 62.2 cm³/mol. The molecule has 4 nitrogen and oxygen atoms in total. The first-order valence-electron chi connectivity index (χ1n) is 5.19. The van der Waals surface area contributed by atoms with Crippen LogP contribution in [-0.2, 0) is 0 Å². The number of rotatable bonds is 1. The summed E-state index contributed by atoms with van der Waals surface area (Å²) >= 11 is 0. The Bertz CT molecular complexity index is 346. The van der Waals surface area contributed by atoms with Crippen LogP contribution in [0.15, 0.2) is 18.2 Å². The highest BCUT2D eigenvalue weighted by atomic mass is 16.3. The van der Waals surface area contributed by atoms with Crippen LogP contribution >= 0.6 is 0 Å². The first kappa shape index (κ1) is 10.1. The van der Waals surface area contributed by atoms with Gasteiger partial charge < -0.3 is 20.6 Å². The van der Waals surface area contributed by atoms with Crippen LogP contribution in [0.4, 0.5) is 11.4 Å². The van der Waals surface area contributed by atoms with Gasteiger partial charge in [0, 0.05) is 37.9 Å². The maximum absolute atomic E-state index is 9.77. The van der Waals surface area contributed by atoms with E-state index in [0.717, 1.165) is 31.9 Å². The van der Waals surface area contributed by atoms with Crippen LogP contribution in [-0.4, -0.2) is 43.2 Å². The predicted octanol–water partition coefficient (Wildman–Crippen LogP) is 0.726. The average molecular weight is 207 g/mol. The van der Waals surface area contributed by atoms with Gasteiger partial charge in [-0.15, -0.1) is 0 Å². The third kappa shape index (κ3) is 2.15. The highest BCUT2D eigenvalue weighted by molar-refractivity contribution is 5.63. The molecule has 0 radical (unpaired) electrons. The van der Waals surface area contributed by atoms with Gasteiger partial charge in [-0.3, -0.25) is 0 Å². The monoisotopic (exact) mass is 207 g/mol. The van der Waals surface area contributed by atoms with Gasteiger partial charge in [0.05, 0.1) is 5.69 Å². The summed E-state index contributed by atoms with van der Waals surface area (Å²) in [6.45, 7) is 3.97. The fraction of sp³-hybridized carbons (Fsp3) is 0.455. The van der Waals surface area contributed by atoms with E-state index in [1.54, 1.807) is 6.07 Å². The van der Waals surface area contributed by atoms with Crippen molar-refractivity contribution in [1.29, 1.82) is 0 Å². The third-order valence-electron chi connectivity index (χ3n) is 2.84. The first-order chi connectivity index (χ1) is 7.16. The second-order valence-corrected chi connectivity index (χ2v) is 4.04. The number of phenols is 1.